The number of aliphatic carboxylic acids is 1. The van der Waals surface area contributed by atoms with Gasteiger partial charge in [0.05, 0.1) is 6.54 Å². The zero-order valence-corrected chi connectivity index (χ0v) is 15.2. The van der Waals surface area contributed by atoms with E-state index in [2.05, 4.69) is 10.6 Å². The smallest absolute Gasteiger partial charge is 0.319 e. The molecule has 0 spiro atoms. The van der Waals surface area contributed by atoms with Crippen molar-refractivity contribution in [3.05, 3.63) is 29.3 Å². The first-order chi connectivity index (χ1) is 13.0. The molecule has 7 nitrogen and oxygen atoms in total. The lowest BCUT2D eigenvalue weighted by Gasteiger charge is -2.42. The maximum absolute atomic E-state index is 12.2. The minimum Gasteiger partial charge on any atom is -0.480 e. The van der Waals surface area contributed by atoms with Crippen LogP contribution in [0.25, 0.3) is 0 Å². The fourth-order valence-corrected chi connectivity index (χ4v) is 4.04. The van der Waals surface area contributed by atoms with Gasteiger partial charge in [-0.2, -0.15) is 0 Å². The number of nitrogens with one attached hydrogen (secondary N) is 2. The third-order valence-corrected chi connectivity index (χ3v) is 5.78. The van der Waals surface area contributed by atoms with Crippen LogP contribution in [0.1, 0.15) is 48.0 Å². The van der Waals surface area contributed by atoms with Gasteiger partial charge in [0, 0.05) is 36.3 Å². The van der Waals surface area contributed by atoms with Gasteiger partial charge in [-0.05, 0) is 61.8 Å². The number of urea groups is 1. The molecule has 0 bridgehead atoms. The lowest BCUT2D eigenvalue weighted by Crippen LogP contribution is -2.55. The maximum Gasteiger partial charge on any atom is 0.319 e. The highest BCUT2D eigenvalue weighted by atomic mass is 16.4. The third kappa shape index (κ3) is 4.30. The van der Waals surface area contributed by atoms with Crippen molar-refractivity contribution in [2.24, 2.45) is 5.92 Å². The number of aryl methyl sites for hydroxylation is 1. The van der Waals surface area contributed by atoms with Crippen LogP contribution < -0.4 is 10.6 Å². The van der Waals surface area contributed by atoms with E-state index in [4.69, 9.17) is 5.11 Å². The quantitative estimate of drug-likeness (QED) is 0.683. The molecule has 2 amide bonds. The Balaban J connectivity index is 1.25. The van der Waals surface area contributed by atoms with Crippen molar-refractivity contribution in [1.82, 2.24) is 10.2 Å². The van der Waals surface area contributed by atoms with Crippen LogP contribution in [0.15, 0.2) is 18.2 Å². The summed E-state index contributed by atoms with van der Waals surface area (Å²) >= 11 is 0. The number of carboxylic acids is 1. The minimum atomic E-state index is -0.792. The van der Waals surface area contributed by atoms with Crippen molar-refractivity contribution in [3.63, 3.8) is 0 Å². The van der Waals surface area contributed by atoms with Gasteiger partial charge < -0.3 is 15.7 Å². The first-order valence-corrected chi connectivity index (χ1v) is 9.67. The highest BCUT2D eigenvalue weighted by Gasteiger charge is 2.37. The Hall–Kier alpha value is -2.41. The summed E-state index contributed by atoms with van der Waals surface area (Å²) in [6.07, 6.45) is 5.23. The number of carboxylic acid groups (broad SMARTS) is 1. The molecule has 0 unspecified atom stereocenters. The van der Waals surface area contributed by atoms with Crippen LogP contribution in [0.4, 0.5) is 10.5 Å². The van der Waals surface area contributed by atoms with Gasteiger partial charge in [0.15, 0.2) is 5.78 Å². The van der Waals surface area contributed by atoms with Gasteiger partial charge in [0.2, 0.25) is 0 Å². The predicted octanol–water partition coefficient (Wildman–Crippen LogP) is 2.26. The number of amides is 2. The number of carbonyl (C=O) groups is 3. The molecule has 0 aliphatic heterocycles. The molecule has 3 aliphatic carbocycles. The zero-order valence-electron chi connectivity index (χ0n) is 15.2. The van der Waals surface area contributed by atoms with Crippen LogP contribution in [0.2, 0.25) is 0 Å². The summed E-state index contributed by atoms with van der Waals surface area (Å²) in [5, 5.41) is 14.9. The van der Waals surface area contributed by atoms with Gasteiger partial charge in [-0.3, -0.25) is 14.5 Å². The lowest BCUT2D eigenvalue weighted by atomic mass is 9.85. The number of benzene rings is 1. The molecule has 0 aromatic heterocycles. The van der Waals surface area contributed by atoms with Crippen molar-refractivity contribution in [2.45, 2.75) is 50.6 Å². The van der Waals surface area contributed by atoms with E-state index in [1.165, 1.54) is 12.8 Å². The lowest BCUT2D eigenvalue weighted by molar-refractivity contribution is -0.139. The number of anilines is 1. The topological polar surface area (TPSA) is 98.7 Å². The highest BCUT2D eigenvalue weighted by Crippen LogP contribution is 2.33. The molecule has 0 saturated heterocycles. The first kappa shape index (κ1) is 18.0. The second-order valence-electron chi connectivity index (χ2n) is 7.98. The summed E-state index contributed by atoms with van der Waals surface area (Å²) in [6, 6.07) is 5.46. The van der Waals surface area contributed by atoms with Crippen molar-refractivity contribution < 1.29 is 19.5 Å². The standard InChI is InChI=1S/C20H25N3O4/c24-18-6-3-13-7-14(4-5-17(13)18)21-20(27)22-15-8-16(9-15)23(11-19(25)26)10-12-1-2-12/h4-5,7,12,15-16H,1-3,6,8-11H2,(H,25,26)(H2,21,22,27). The second kappa shape index (κ2) is 7.31. The normalized spacial score (nSPS) is 23.7. The third-order valence-electron chi connectivity index (χ3n) is 5.78. The molecule has 27 heavy (non-hydrogen) atoms. The number of hydrogen-bond donors (Lipinski definition) is 3. The summed E-state index contributed by atoms with van der Waals surface area (Å²) in [5.74, 6) is 0.0184. The number of hydrogen-bond acceptors (Lipinski definition) is 4. The molecule has 2 fully saturated rings. The van der Waals surface area contributed by atoms with E-state index in [1.54, 1.807) is 12.1 Å². The van der Waals surface area contributed by atoms with Gasteiger partial charge in [-0.1, -0.05) is 0 Å². The molecule has 144 valence electrons. The minimum absolute atomic E-state index is 0.0708. The molecule has 4 rings (SSSR count). The Kier molecular flexibility index (Phi) is 4.86. The van der Waals surface area contributed by atoms with E-state index in [9.17, 15) is 14.4 Å². The molecule has 3 aliphatic rings. The Morgan fingerprint density at radius 2 is 1.96 bits per heavy atom. The van der Waals surface area contributed by atoms with E-state index in [0.29, 0.717) is 18.0 Å². The number of ketones is 1. The Morgan fingerprint density at radius 3 is 2.67 bits per heavy atom. The highest BCUT2D eigenvalue weighted by molar-refractivity contribution is 6.01. The van der Waals surface area contributed by atoms with Gasteiger partial charge in [0.25, 0.3) is 0 Å². The van der Waals surface area contributed by atoms with Crippen molar-refractivity contribution >= 4 is 23.5 Å². The summed E-state index contributed by atoms with van der Waals surface area (Å²) in [5.41, 5.74) is 2.45. The molecule has 1 aromatic carbocycles. The summed E-state index contributed by atoms with van der Waals surface area (Å²) in [6.45, 7) is 0.928. The van der Waals surface area contributed by atoms with Gasteiger partial charge in [-0.25, -0.2) is 4.79 Å². The summed E-state index contributed by atoms with van der Waals surface area (Å²) in [7, 11) is 0. The predicted molar refractivity (Wildman–Crippen MR) is 100.0 cm³/mol. The van der Waals surface area contributed by atoms with E-state index in [0.717, 1.165) is 36.9 Å². The molecule has 7 heteroatoms. The Morgan fingerprint density at radius 1 is 1.19 bits per heavy atom. The fraction of sp³-hybridized carbons (Fsp3) is 0.550. The van der Waals surface area contributed by atoms with Crippen LogP contribution in [0.3, 0.4) is 0 Å². The Labute approximate surface area is 158 Å². The molecule has 3 N–H and O–H groups in total. The number of nitrogens with zero attached hydrogens (tertiary/aromatic N) is 1. The van der Waals surface area contributed by atoms with Gasteiger partial charge >= 0.3 is 12.0 Å². The van der Waals surface area contributed by atoms with Crippen LogP contribution in [-0.4, -0.2) is 53.0 Å². The number of Topliss-reactive ketones (excluding diaryl/α,β-unsaturated/α-hetero) is 1. The first-order valence-electron chi connectivity index (χ1n) is 9.67. The summed E-state index contributed by atoms with van der Waals surface area (Å²) in [4.78, 5) is 37.0. The van der Waals surface area contributed by atoms with Crippen LogP contribution in [0.5, 0.6) is 0 Å². The molecule has 0 heterocycles. The van der Waals surface area contributed by atoms with E-state index >= 15 is 0 Å². The van der Waals surface area contributed by atoms with Crippen LogP contribution >= 0.6 is 0 Å². The second-order valence-corrected chi connectivity index (χ2v) is 7.98. The molecule has 0 atom stereocenters. The van der Waals surface area contributed by atoms with E-state index in [-0.39, 0.29) is 30.4 Å². The van der Waals surface area contributed by atoms with Crippen molar-refractivity contribution in [3.8, 4) is 0 Å². The summed E-state index contributed by atoms with van der Waals surface area (Å²) < 4.78 is 0. The molecule has 2 saturated carbocycles. The molecular weight excluding hydrogens is 346 g/mol. The largest absolute Gasteiger partial charge is 0.480 e. The number of fused-ring (bicyclic) bond motifs is 1. The number of rotatable bonds is 7. The van der Waals surface area contributed by atoms with Crippen LogP contribution in [0, 0.1) is 5.92 Å². The zero-order chi connectivity index (χ0) is 19.0. The Bertz CT molecular complexity index is 768. The number of carbonyl (C=O) groups excluding carboxylic acids is 2. The van der Waals surface area contributed by atoms with Gasteiger partial charge in [0.1, 0.15) is 0 Å². The van der Waals surface area contributed by atoms with Gasteiger partial charge in [-0.15, -0.1) is 0 Å². The van der Waals surface area contributed by atoms with E-state index < -0.39 is 5.97 Å². The molecular formula is C20H25N3O4. The average Bonchev–Trinajstić information content (AvgIpc) is 3.31. The average molecular weight is 371 g/mol. The monoisotopic (exact) mass is 371 g/mol. The van der Waals surface area contributed by atoms with Crippen molar-refractivity contribution in [1.29, 1.82) is 0 Å². The van der Waals surface area contributed by atoms with Crippen molar-refractivity contribution in [2.75, 3.05) is 18.4 Å². The fourth-order valence-electron chi connectivity index (χ4n) is 4.04. The maximum atomic E-state index is 12.2. The SMILES string of the molecule is O=C(O)CN(CC1CC1)C1CC(NC(=O)Nc2ccc3c(c2)CCC3=O)C1. The van der Waals surface area contributed by atoms with E-state index in [1.807, 2.05) is 11.0 Å². The molecule has 1 aromatic rings. The molecule has 0 radical (unpaired) electrons. The van der Waals surface area contributed by atoms with Crippen LogP contribution in [-0.2, 0) is 11.2 Å².